The largest absolute Gasteiger partial charge is 0.465 e. The molecule has 34 heavy (non-hydrogen) atoms. The Bertz CT molecular complexity index is 1510. The standard InChI is InChI=1S/C26H19N3O5/c1-2-31-23(30)16-29-15-17(18-7-3-4-8-20(18)29)14-28-26-19(13-27)24(21-9-5-11-32-21)25(34-26)22-10-6-12-33-22/h3-12,14-15H,2,16H2,1H3. The summed E-state index contributed by atoms with van der Waals surface area (Å²) in [5, 5.41) is 10.8. The molecule has 0 atom stereocenters. The van der Waals surface area contributed by atoms with Crippen LogP contribution < -0.4 is 0 Å². The van der Waals surface area contributed by atoms with Gasteiger partial charge >= 0.3 is 5.97 Å². The highest BCUT2D eigenvalue weighted by Crippen LogP contribution is 2.42. The van der Waals surface area contributed by atoms with Crippen molar-refractivity contribution in [1.82, 2.24) is 4.57 Å². The molecule has 0 radical (unpaired) electrons. The lowest BCUT2D eigenvalue weighted by atomic mass is 10.1. The molecule has 0 spiro atoms. The summed E-state index contributed by atoms with van der Waals surface area (Å²) in [6.45, 7) is 2.17. The van der Waals surface area contributed by atoms with E-state index in [0.29, 0.717) is 29.5 Å². The minimum atomic E-state index is -0.323. The van der Waals surface area contributed by atoms with Crippen LogP contribution in [0.2, 0.25) is 0 Å². The summed E-state index contributed by atoms with van der Waals surface area (Å²) in [7, 11) is 0. The molecule has 0 saturated carbocycles. The molecule has 0 bridgehead atoms. The second kappa shape index (κ2) is 9.00. The van der Waals surface area contributed by atoms with Crippen molar-refractivity contribution in [1.29, 1.82) is 5.26 Å². The minimum Gasteiger partial charge on any atom is -0.465 e. The number of nitriles is 1. The topological polar surface area (TPSA) is 107 Å². The van der Waals surface area contributed by atoms with Crippen LogP contribution in [0.5, 0.6) is 0 Å². The third kappa shape index (κ3) is 3.80. The molecule has 0 aliphatic heterocycles. The van der Waals surface area contributed by atoms with Gasteiger partial charge in [-0.05, 0) is 37.3 Å². The number of fused-ring (bicyclic) bond motifs is 1. The fourth-order valence-electron chi connectivity index (χ4n) is 3.83. The normalized spacial score (nSPS) is 11.3. The van der Waals surface area contributed by atoms with Crippen molar-refractivity contribution in [2.75, 3.05) is 6.61 Å². The van der Waals surface area contributed by atoms with Crippen LogP contribution in [0.25, 0.3) is 33.7 Å². The zero-order valence-electron chi connectivity index (χ0n) is 18.2. The summed E-state index contributed by atoms with van der Waals surface area (Å²) in [5.74, 6) is 1.08. The molecule has 0 aliphatic carbocycles. The van der Waals surface area contributed by atoms with Crippen molar-refractivity contribution in [3.05, 3.63) is 78.4 Å². The van der Waals surface area contributed by atoms with Crippen LogP contribution in [0.3, 0.4) is 0 Å². The first-order valence-electron chi connectivity index (χ1n) is 10.6. The molecular formula is C26H19N3O5. The van der Waals surface area contributed by atoms with Crippen LogP contribution in [0.1, 0.15) is 18.1 Å². The Morgan fingerprint density at radius 1 is 1.12 bits per heavy atom. The predicted molar refractivity (Wildman–Crippen MR) is 125 cm³/mol. The molecule has 5 aromatic rings. The zero-order chi connectivity index (χ0) is 23.5. The number of hydrogen-bond donors (Lipinski definition) is 0. The smallest absolute Gasteiger partial charge is 0.325 e. The number of aromatic nitrogens is 1. The number of hydrogen-bond acceptors (Lipinski definition) is 7. The van der Waals surface area contributed by atoms with Crippen molar-refractivity contribution < 1.29 is 22.8 Å². The molecule has 4 aromatic heterocycles. The van der Waals surface area contributed by atoms with Crippen molar-refractivity contribution in [3.8, 4) is 28.9 Å². The summed E-state index contributed by atoms with van der Waals surface area (Å²) in [6.07, 6.45) is 6.48. The van der Waals surface area contributed by atoms with E-state index in [1.807, 2.05) is 35.0 Å². The monoisotopic (exact) mass is 453 g/mol. The van der Waals surface area contributed by atoms with E-state index in [1.165, 1.54) is 12.5 Å². The van der Waals surface area contributed by atoms with Crippen LogP contribution in [-0.2, 0) is 16.1 Å². The molecule has 168 valence electrons. The van der Waals surface area contributed by atoms with Gasteiger partial charge < -0.3 is 22.6 Å². The number of furan rings is 3. The first-order valence-corrected chi connectivity index (χ1v) is 10.6. The minimum absolute atomic E-state index is 0.0810. The van der Waals surface area contributed by atoms with E-state index in [2.05, 4.69) is 11.1 Å². The van der Waals surface area contributed by atoms with Crippen molar-refractivity contribution in [3.63, 3.8) is 0 Å². The third-order valence-corrected chi connectivity index (χ3v) is 5.26. The van der Waals surface area contributed by atoms with Crippen molar-refractivity contribution in [2.24, 2.45) is 4.99 Å². The van der Waals surface area contributed by atoms with Gasteiger partial charge in [0.25, 0.3) is 0 Å². The maximum atomic E-state index is 12.0. The average Bonchev–Trinajstić information content (AvgIpc) is 3.64. The number of rotatable bonds is 7. The molecule has 0 aliphatic rings. The van der Waals surface area contributed by atoms with E-state index < -0.39 is 0 Å². The van der Waals surface area contributed by atoms with Gasteiger partial charge in [-0.15, -0.1) is 0 Å². The molecule has 0 N–H and O–H groups in total. The Balaban J connectivity index is 1.59. The van der Waals surface area contributed by atoms with Crippen molar-refractivity contribution in [2.45, 2.75) is 13.5 Å². The molecule has 0 amide bonds. The summed E-state index contributed by atoms with van der Waals surface area (Å²) in [5.41, 5.74) is 2.33. The number of para-hydroxylation sites is 1. The molecule has 0 fully saturated rings. The third-order valence-electron chi connectivity index (χ3n) is 5.26. The maximum Gasteiger partial charge on any atom is 0.325 e. The molecule has 5 rings (SSSR count). The molecule has 1 aromatic carbocycles. The fourth-order valence-corrected chi connectivity index (χ4v) is 3.83. The Morgan fingerprint density at radius 2 is 1.88 bits per heavy atom. The molecule has 0 saturated heterocycles. The second-order valence-electron chi connectivity index (χ2n) is 7.35. The lowest BCUT2D eigenvalue weighted by Crippen LogP contribution is -2.12. The van der Waals surface area contributed by atoms with Gasteiger partial charge in [-0.1, -0.05) is 18.2 Å². The first-order chi connectivity index (χ1) is 16.7. The Kier molecular flexibility index (Phi) is 5.58. The van der Waals surface area contributed by atoms with Crippen LogP contribution in [-0.4, -0.2) is 23.4 Å². The number of ether oxygens (including phenoxy) is 1. The zero-order valence-corrected chi connectivity index (χ0v) is 18.2. The van der Waals surface area contributed by atoms with Gasteiger partial charge in [0, 0.05) is 28.9 Å². The number of nitrogens with zero attached hydrogens (tertiary/aromatic N) is 3. The van der Waals surface area contributed by atoms with E-state index >= 15 is 0 Å². The van der Waals surface area contributed by atoms with Gasteiger partial charge in [-0.3, -0.25) is 4.79 Å². The van der Waals surface area contributed by atoms with Gasteiger partial charge in [0.05, 0.1) is 24.7 Å². The molecule has 8 nitrogen and oxygen atoms in total. The molecule has 0 unspecified atom stereocenters. The Hall–Kier alpha value is -4.77. The van der Waals surface area contributed by atoms with E-state index in [0.717, 1.165) is 16.5 Å². The van der Waals surface area contributed by atoms with Gasteiger partial charge in [0.2, 0.25) is 5.88 Å². The van der Waals surface area contributed by atoms with Gasteiger partial charge in [0.1, 0.15) is 23.9 Å². The van der Waals surface area contributed by atoms with Gasteiger partial charge in [-0.25, -0.2) is 4.99 Å². The number of aliphatic imine (C=N–C) groups is 1. The van der Waals surface area contributed by atoms with E-state index in [-0.39, 0.29) is 24.0 Å². The summed E-state index contributed by atoms with van der Waals surface area (Å²) < 4.78 is 23.9. The lowest BCUT2D eigenvalue weighted by Gasteiger charge is -2.04. The number of carbonyl (C=O) groups excluding carboxylic acids is 1. The highest BCUT2D eigenvalue weighted by Gasteiger charge is 2.26. The average molecular weight is 453 g/mol. The maximum absolute atomic E-state index is 12.0. The number of esters is 1. The molecular weight excluding hydrogens is 434 g/mol. The number of carbonyl (C=O) groups is 1. The molecule has 4 heterocycles. The quantitative estimate of drug-likeness (QED) is 0.223. The molecule has 8 heteroatoms. The summed E-state index contributed by atoms with van der Waals surface area (Å²) in [4.78, 5) is 16.5. The summed E-state index contributed by atoms with van der Waals surface area (Å²) >= 11 is 0. The Morgan fingerprint density at radius 3 is 2.59 bits per heavy atom. The van der Waals surface area contributed by atoms with E-state index in [1.54, 1.807) is 37.4 Å². The van der Waals surface area contributed by atoms with Gasteiger partial charge in [-0.2, -0.15) is 5.26 Å². The van der Waals surface area contributed by atoms with Crippen LogP contribution >= 0.6 is 0 Å². The summed E-state index contributed by atoms with van der Waals surface area (Å²) in [6, 6.07) is 16.8. The van der Waals surface area contributed by atoms with Gasteiger partial charge in [0.15, 0.2) is 11.5 Å². The first kappa shape index (κ1) is 21.1. The Labute approximate surface area is 194 Å². The van der Waals surface area contributed by atoms with E-state index in [4.69, 9.17) is 18.0 Å². The van der Waals surface area contributed by atoms with Crippen molar-refractivity contribution >= 4 is 29.0 Å². The highest BCUT2D eigenvalue weighted by molar-refractivity contribution is 6.00. The van der Waals surface area contributed by atoms with Crippen LogP contribution in [0.15, 0.2) is 85.5 Å². The fraction of sp³-hybridized carbons (Fsp3) is 0.115. The second-order valence-corrected chi connectivity index (χ2v) is 7.35. The SMILES string of the molecule is CCOC(=O)Cn1cc(C=Nc2oc(-c3ccco3)c(-c3ccco3)c2C#N)c2ccccc21. The predicted octanol–water partition coefficient (Wildman–Crippen LogP) is 5.94. The van der Waals surface area contributed by atoms with Crippen LogP contribution in [0, 0.1) is 11.3 Å². The van der Waals surface area contributed by atoms with Crippen LogP contribution in [0.4, 0.5) is 5.88 Å². The van der Waals surface area contributed by atoms with E-state index in [9.17, 15) is 10.1 Å². The lowest BCUT2D eigenvalue weighted by molar-refractivity contribution is -0.143. The highest BCUT2D eigenvalue weighted by atomic mass is 16.5. The number of benzene rings is 1.